The molecule has 1 heterocycles. The number of ether oxygens (including phenoxy) is 2. The van der Waals surface area contributed by atoms with Crippen LogP contribution in [0.5, 0.6) is 11.5 Å². The topological polar surface area (TPSA) is 86.6 Å². The second-order valence-electron chi connectivity index (χ2n) is 8.24. The summed E-state index contributed by atoms with van der Waals surface area (Å²) >= 11 is 0. The summed E-state index contributed by atoms with van der Waals surface area (Å²) < 4.78 is 39.0. The summed E-state index contributed by atoms with van der Waals surface area (Å²) in [6, 6.07) is 19.6. The summed E-state index contributed by atoms with van der Waals surface area (Å²) in [5.41, 5.74) is 2.67. The molecule has 0 atom stereocenters. The summed E-state index contributed by atoms with van der Waals surface area (Å²) in [4.78, 5) is 13.1. The largest absolute Gasteiger partial charge is 0.493 e. The third-order valence-electron chi connectivity index (χ3n) is 5.87. The van der Waals surface area contributed by atoms with Crippen LogP contribution in [-0.4, -0.2) is 39.7 Å². The van der Waals surface area contributed by atoms with Crippen LogP contribution in [0, 0.1) is 6.92 Å². The van der Waals surface area contributed by atoms with Crippen LogP contribution in [0.2, 0.25) is 0 Å². The summed E-state index contributed by atoms with van der Waals surface area (Å²) in [5.74, 6) is 1.08. The molecule has 7 nitrogen and oxygen atoms in total. The minimum absolute atomic E-state index is 0.00979. The Morgan fingerprint density at radius 1 is 0.943 bits per heavy atom. The monoisotopic (exact) mass is 492 g/mol. The van der Waals surface area contributed by atoms with E-state index in [0.717, 1.165) is 11.1 Å². The van der Waals surface area contributed by atoms with Crippen molar-refractivity contribution in [2.45, 2.75) is 29.7 Å². The van der Waals surface area contributed by atoms with E-state index in [0.29, 0.717) is 35.4 Å². The Hall–Kier alpha value is -3.78. The number of aryl methyl sites for hydroxylation is 1. The smallest absolute Gasteiger partial charge is 0.239 e. The molecule has 4 aromatic rings. The number of rotatable bonds is 9. The Balaban J connectivity index is 1.50. The van der Waals surface area contributed by atoms with Gasteiger partial charge < -0.3 is 19.4 Å². The molecule has 1 aromatic heterocycles. The van der Waals surface area contributed by atoms with E-state index in [1.165, 1.54) is 0 Å². The lowest BCUT2D eigenvalue weighted by Gasteiger charge is -2.10. The number of nitrogens with zero attached hydrogens (tertiary/aromatic N) is 1. The molecular weight excluding hydrogens is 464 g/mol. The Labute approximate surface area is 205 Å². The third-order valence-corrected chi connectivity index (χ3v) is 7.67. The Bertz CT molecular complexity index is 1460. The second kappa shape index (κ2) is 10.2. The van der Waals surface area contributed by atoms with Crippen LogP contribution in [0.4, 0.5) is 0 Å². The van der Waals surface area contributed by atoms with Gasteiger partial charge in [-0.2, -0.15) is 0 Å². The normalized spacial score (nSPS) is 11.4. The average Bonchev–Trinajstić information content (AvgIpc) is 3.23. The quantitative estimate of drug-likeness (QED) is 0.379. The summed E-state index contributed by atoms with van der Waals surface area (Å²) in [5, 5.41) is 3.50. The molecule has 4 rings (SSSR count). The van der Waals surface area contributed by atoms with Crippen LogP contribution in [0.15, 0.2) is 82.7 Å². The van der Waals surface area contributed by atoms with Crippen molar-refractivity contribution in [2.24, 2.45) is 0 Å². The minimum Gasteiger partial charge on any atom is -0.493 e. The molecular formula is C27H28N2O5S. The van der Waals surface area contributed by atoms with Crippen molar-refractivity contribution in [2.75, 3.05) is 20.8 Å². The number of aromatic nitrogens is 1. The Kier molecular flexibility index (Phi) is 7.12. The van der Waals surface area contributed by atoms with Crippen LogP contribution in [0.25, 0.3) is 10.9 Å². The maximum absolute atomic E-state index is 13.4. The van der Waals surface area contributed by atoms with Crippen LogP contribution < -0.4 is 14.8 Å². The zero-order valence-corrected chi connectivity index (χ0v) is 20.8. The highest BCUT2D eigenvalue weighted by Gasteiger charge is 2.23. The van der Waals surface area contributed by atoms with Crippen molar-refractivity contribution in [1.29, 1.82) is 0 Å². The molecule has 0 aliphatic carbocycles. The van der Waals surface area contributed by atoms with Crippen LogP contribution in [-0.2, 0) is 27.6 Å². The predicted octanol–water partition coefficient (Wildman–Crippen LogP) is 4.16. The van der Waals surface area contributed by atoms with Crippen LogP contribution in [0.1, 0.15) is 11.1 Å². The highest BCUT2D eigenvalue weighted by Crippen LogP contribution is 2.30. The predicted molar refractivity (Wildman–Crippen MR) is 135 cm³/mol. The van der Waals surface area contributed by atoms with E-state index in [9.17, 15) is 13.2 Å². The molecule has 0 unspecified atom stereocenters. The van der Waals surface area contributed by atoms with Gasteiger partial charge in [-0.25, -0.2) is 8.42 Å². The van der Waals surface area contributed by atoms with E-state index in [1.807, 2.05) is 37.3 Å². The Morgan fingerprint density at radius 2 is 1.66 bits per heavy atom. The lowest BCUT2D eigenvalue weighted by molar-refractivity contribution is -0.121. The first kappa shape index (κ1) is 24.3. The number of carbonyl (C=O) groups excluding carboxylic acids is 1. The maximum atomic E-state index is 13.4. The first-order valence-corrected chi connectivity index (χ1v) is 12.7. The van der Waals surface area contributed by atoms with Crippen molar-refractivity contribution < 1.29 is 22.7 Å². The fourth-order valence-electron chi connectivity index (χ4n) is 4.00. The van der Waals surface area contributed by atoms with E-state index in [4.69, 9.17) is 9.47 Å². The number of methoxy groups -OCH3 is 2. The van der Waals surface area contributed by atoms with E-state index < -0.39 is 9.84 Å². The number of nitrogens with one attached hydrogen (secondary N) is 1. The van der Waals surface area contributed by atoms with Gasteiger partial charge in [0.2, 0.25) is 15.7 Å². The Morgan fingerprint density at radius 3 is 2.37 bits per heavy atom. The number of hydrogen-bond donors (Lipinski definition) is 1. The van der Waals surface area contributed by atoms with E-state index in [1.54, 1.807) is 61.4 Å². The lowest BCUT2D eigenvalue weighted by Crippen LogP contribution is -2.29. The number of fused-ring (bicyclic) bond motifs is 1. The second-order valence-corrected chi connectivity index (χ2v) is 10.2. The number of para-hydroxylation sites is 1. The van der Waals surface area contributed by atoms with E-state index in [2.05, 4.69) is 5.32 Å². The van der Waals surface area contributed by atoms with Crippen molar-refractivity contribution >= 4 is 26.6 Å². The first-order chi connectivity index (χ1) is 16.8. The van der Waals surface area contributed by atoms with Crippen molar-refractivity contribution in [3.8, 4) is 11.5 Å². The molecule has 1 amide bonds. The van der Waals surface area contributed by atoms with Crippen molar-refractivity contribution in [3.05, 3.63) is 84.1 Å². The zero-order chi connectivity index (χ0) is 25.0. The van der Waals surface area contributed by atoms with E-state index >= 15 is 0 Å². The lowest BCUT2D eigenvalue weighted by atomic mass is 10.1. The summed E-state index contributed by atoms with van der Waals surface area (Å²) in [7, 11) is -0.572. The van der Waals surface area contributed by atoms with Crippen LogP contribution in [0.3, 0.4) is 0 Å². The fraction of sp³-hybridized carbons (Fsp3) is 0.222. The number of amides is 1. The van der Waals surface area contributed by atoms with Gasteiger partial charge in [0, 0.05) is 23.6 Å². The van der Waals surface area contributed by atoms with Gasteiger partial charge in [-0.05, 0) is 49.2 Å². The first-order valence-electron chi connectivity index (χ1n) is 11.2. The molecule has 1 N–H and O–H groups in total. The van der Waals surface area contributed by atoms with Crippen LogP contribution >= 0.6 is 0 Å². The third kappa shape index (κ3) is 5.17. The van der Waals surface area contributed by atoms with Gasteiger partial charge in [0.1, 0.15) is 6.54 Å². The fourth-order valence-corrected chi connectivity index (χ4v) is 5.47. The maximum Gasteiger partial charge on any atom is 0.239 e. The van der Waals surface area contributed by atoms with Gasteiger partial charge in [-0.3, -0.25) is 4.79 Å². The molecule has 8 heteroatoms. The van der Waals surface area contributed by atoms with Gasteiger partial charge in [0.05, 0.1) is 24.0 Å². The molecule has 0 aliphatic rings. The summed E-state index contributed by atoms with van der Waals surface area (Å²) in [6.07, 6.45) is 2.17. The molecule has 182 valence electrons. The molecule has 0 radical (unpaired) electrons. The molecule has 3 aromatic carbocycles. The van der Waals surface area contributed by atoms with Gasteiger partial charge >= 0.3 is 0 Å². The highest BCUT2D eigenvalue weighted by atomic mass is 32.2. The van der Waals surface area contributed by atoms with Crippen molar-refractivity contribution in [1.82, 2.24) is 9.88 Å². The molecule has 0 saturated heterocycles. The van der Waals surface area contributed by atoms with E-state index in [-0.39, 0.29) is 22.2 Å². The van der Waals surface area contributed by atoms with Gasteiger partial charge in [-0.15, -0.1) is 0 Å². The number of sulfone groups is 1. The average molecular weight is 493 g/mol. The van der Waals surface area contributed by atoms with Crippen molar-refractivity contribution in [3.63, 3.8) is 0 Å². The van der Waals surface area contributed by atoms with Gasteiger partial charge in [-0.1, -0.05) is 42.0 Å². The highest BCUT2D eigenvalue weighted by molar-refractivity contribution is 7.91. The molecule has 0 fully saturated rings. The molecule has 0 spiro atoms. The number of benzene rings is 3. The van der Waals surface area contributed by atoms with Gasteiger partial charge in [0.15, 0.2) is 11.5 Å². The number of hydrogen-bond acceptors (Lipinski definition) is 5. The SMILES string of the molecule is COc1ccc(CCNC(=O)Cn2cc(S(=O)(=O)c3ccc(C)cc3)c3ccccc32)cc1OC. The zero-order valence-electron chi connectivity index (χ0n) is 19.9. The minimum atomic E-state index is -3.74. The van der Waals surface area contributed by atoms with Gasteiger partial charge in [0.25, 0.3) is 0 Å². The standard InChI is InChI=1S/C27H28N2O5S/c1-19-8-11-21(12-9-19)35(31,32)26-17-29(23-7-5-4-6-22(23)26)18-27(30)28-15-14-20-10-13-24(33-2)25(16-20)34-3/h4-13,16-17H,14-15,18H2,1-3H3,(H,28,30). The summed E-state index contributed by atoms with van der Waals surface area (Å²) in [6.45, 7) is 2.35. The molecule has 0 aliphatic heterocycles. The molecule has 0 bridgehead atoms. The molecule has 35 heavy (non-hydrogen) atoms. The number of carbonyl (C=O) groups is 1. The molecule has 0 saturated carbocycles.